The Bertz CT molecular complexity index is 432. The molecule has 0 radical (unpaired) electrons. The highest BCUT2D eigenvalue weighted by atomic mass is 16.4. The van der Waals surface area contributed by atoms with Gasteiger partial charge in [0.05, 0.1) is 12.2 Å². The molecule has 0 saturated carbocycles. The molecule has 1 fully saturated rings. The van der Waals surface area contributed by atoms with Crippen LogP contribution in [0, 0.1) is 0 Å². The largest absolute Gasteiger partial charge is 0.480 e. The average Bonchev–Trinajstić information content (AvgIpc) is 2.64. The van der Waals surface area contributed by atoms with E-state index >= 15 is 0 Å². The minimum atomic E-state index is -0.742. The Balaban J connectivity index is 1.95. The second-order valence-corrected chi connectivity index (χ2v) is 5.12. The molecule has 1 unspecified atom stereocenters. The van der Waals surface area contributed by atoms with Crippen molar-refractivity contribution >= 4 is 5.97 Å². The van der Waals surface area contributed by atoms with Gasteiger partial charge < -0.3 is 5.11 Å². The van der Waals surface area contributed by atoms with Crippen LogP contribution < -0.4 is 0 Å². The van der Waals surface area contributed by atoms with Crippen LogP contribution >= 0.6 is 0 Å². The maximum atomic E-state index is 10.8. The van der Waals surface area contributed by atoms with Crippen LogP contribution in [0.1, 0.15) is 25.1 Å². The SMILES string of the molecule is CC(c1ccnn1C)N1CCCN(CC(=O)O)CC1. The van der Waals surface area contributed by atoms with Crippen molar-refractivity contribution in [3.8, 4) is 0 Å². The summed E-state index contributed by atoms with van der Waals surface area (Å²) < 4.78 is 1.91. The number of nitrogens with zero attached hydrogens (tertiary/aromatic N) is 4. The number of carboxylic acid groups (broad SMARTS) is 1. The molecule has 1 N–H and O–H groups in total. The minimum absolute atomic E-state index is 0.147. The summed E-state index contributed by atoms with van der Waals surface area (Å²) in [6, 6.07) is 2.36. The number of aromatic nitrogens is 2. The molecule has 0 bridgehead atoms. The van der Waals surface area contributed by atoms with E-state index in [1.165, 1.54) is 5.69 Å². The third kappa shape index (κ3) is 3.54. The molecular weight excluding hydrogens is 244 g/mol. The first-order valence-corrected chi connectivity index (χ1v) is 6.74. The molecule has 19 heavy (non-hydrogen) atoms. The minimum Gasteiger partial charge on any atom is -0.480 e. The van der Waals surface area contributed by atoms with Gasteiger partial charge in [-0.1, -0.05) is 0 Å². The van der Waals surface area contributed by atoms with Crippen molar-refractivity contribution in [2.45, 2.75) is 19.4 Å². The quantitative estimate of drug-likeness (QED) is 0.863. The van der Waals surface area contributed by atoms with Gasteiger partial charge in [-0.2, -0.15) is 5.10 Å². The number of rotatable bonds is 4. The second kappa shape index (κ2) is 6.16. The van der Waals surface area contributed by atoms with E-state index in [-0.39, 0.29) is 6.54 Å². The standard InChI is InChI=1S/C13H22N4O2/c1-11(12-4-5-14-15(12)2)17-7-3-6-16(8-9-17)10-13(18)19/h4-5,11H,3,6-10H2,1-2H3,(H,18,19). The van der Waals surface area contributed by atoms with Crippen LogP contribution in [0.4, 0.5) is 0 Å². The first-order valence-electron chi connectivity index (χ1n) is 6.74. The Morgan fingerprint density at radius 1 is 1.42 bits per heavy atom. The van der Waals surface area contributed by atoms with Crippen LogP contribution in [0.5, 0.6) is 0 Å². The fourth-order valence-electron chi connectivity index (χ4n) is 2.71. The third-order valence-corrected chi connectivity index (χ3v) is 3.82. The van der Waals surface area contributed by atoms with Crippen molar-refractivity contribution in [1.82, 2.24) is 19.6 Å². The molecule has 0 spiro atoms. The zero-order valence-corrected chi connectivity index (χ0v) is 11.6. The van der Waals surface area contributed by atoms with Crippen molar-refractivity contribution in [2.75, 3.05) is 32.7 Å². The normalized spacial score (nSPS) is 20.1. The van der Waals surface area contributed by atoms with E-state index in [1.54, 1.807) is 0 Å². The van der Waals surface area contributed by atoms with Gasteiger partial charge in [-0.3, -0.25) is 19.3 Å². The molecule has 2 heterocycles. The van der Waals surface area contributed by atoms with Crippen molar-refractivity contribution in [3.63, 3.8) is 0 Å². The molecular formula is C13H22N4O2. The average molecular weight is 266 g/mol. The van der Waals surface area contributed by atoms with E-state index in [0.29, 0.717) is 6.04 Å². The number of carboxylic acids is 1. The molecule has 1 saturated heterocycles. The van der Waals surface area contributed by atoms with Gasteiger partial charge in [0.2, 0.25) is 0 Å². The van der Waals surface area contributed by atoms with E-state index in [0.717, 1.165) is 32.6 Å². The van der Waals surface area contributed by atoms with Crippen LogP contribution in [0.3, 0.4) is 0 Å². The summed E-state index contributed by atoms with van der Waals surface area (Å²) in [7, 11) is 1.96. The Hall–Kier alpha value is -1.40. The van der Waals surface area contributed by atoms with Crippen LogP contribution in [-0.4, -0.2) is 63.4 Å². The molecule has 6 nitrogen and oxygen atoms in total. The number of aryl methyl sites for hydroxylation is 1. The summed E-state index contributed by atoms with van der Waals surface area (Å²) in [5.41, 5.74) is 1.20. The monoisotopic (exact) mass is 266 g/mol. The van der Waals surface area contributed by atoms with Crippen molar-refractivity contribution in [3.05, 3.63) is 18.0 Å². The highest BCUT2D eigenvalue weighted by Gasteiger charge is 2.22. The first kappa shape index (κ1) is 14.0. The summed E-state index contributed by atoms with van der Waals surface area (Å²) in [6.45, 7) is 5.91. The fraction of sp³-hybridized carbons (Fsp3) is 0.692. The number of carbonyl (C=O) groups is 1. The van der Waals surface area contributed by atoms with Crippen LogP contribution in [0.25, 0.3) is 0 Å². The molecule has 0 amide bonds. The molecule has 106 valence electrons. The van der Waals surface area contributed by atoms with Gasteiger partial charge in [-0.15, -0.1) is 0 Å². The smallest absolute Gasteiger partial charge is 0.317 e. The predicted molar refractivity (Wildman–Crippen MR) is 71.9 cm³/mol. The van der Waals surface area contributed by atoms with E-state index in [9.17, 15) is 4.79 Å². The first-order chi connectivity index (χ1) is 9.08. The molecule has 1 aromatic heterocycles. The summed E-state index contributed by atoms with van der Waals surface area (Å²) in [5.74, 6) is -0.742. The van der Waals surface area contributed by atoms with E-state index in [2.05, 4.69) is 16.9 Å². The Morgan fingerprint density at radius 3 is 2.84 bits per heavy atom. The lowest BCUT2D eigenvalue weighted by Crippen LogP contribution is -2.35. The maximum Gasteiger partial charge on any atom is 0.317 e. The van der Waals surface area contributed by atoms with Crippen LogP contribution in [0.2, 0.25) is 0 Å². The highest BCUT2D eigenvalue weighted by molar-refractivity contribution is 5.69. The summed E-state index contributed by atoms with van der Waals surface area (Å²) in [5, 5.41) is 13.1. The predicted octanol–water partition coefficient (Wildman–Crippen LogP) is 0.573. The maximum absolute atomic E-state index is 10.8. The van der Waals surface area contributed by atoms with Crippen molar-refractivity contribution < 1.29 is 9.90 Å². The lowest BCUT2D eigenvalue weighted by atomic mass is 10.2. The van der Waals surface area contributed by atoms with Gasteiger partial charge in [0.1, 0.15) is 0 Å². The van der Waals surface area contributed by atoms with Gasteiger partial charge in [0.15, 0.2) is 0 Å². The molecule has 6 heteroatoms. The molecule has 1 atom stereocenters. The number of aliphatic carboxylic acids is 1. The third-order valence-electron chi connectivity index (χ3n) is 3.82. The van der Waals surface area contributed by atoms with E-state index in [4.69, 9.17) is 5.11 Å². The summed E-state index contributed by atoms with van der Waals surface area (Å²) >= 11 is 0. The van der Waals surface area contributed by atoms with Gasteiger partial charge in [0, 0.05) is 45.5 Å². The lowest BCUT2D eigenvalue weighted by Gasteiger charge is -2.27. The van der Waals surface area contributed by atoms with Crippen LogP contribution in [-0.2, 0) is 11.8 Å². The molecule has 0 aliphatic carbocycles. The van der Waals surface area contributed by atoms with Gasteiger partial charge >= 0.3 is 5.97 Å². The lowest BCUT2D eigenvalue weighted by molar-refractivity contribution is -0.138. The molecule has 2 rings (SSSR count). The van der Waals surface area contributed by atoms with Gasteiger partial charge in [-0.25, -0.2) is 0 Å². The van der Waals surface area contributed by atoms with Gasteiger partial charge in [-0.05, 0) is 19.4 Å². The fourth-order valence-corrected chi connectivity index (χ4v) is 2.71. The van der Waals surface area contributed by atoms with Crippen molar-refractivity contribution in [1.29, 1.82) is 0 Å². The Morgan fingerprint density at radius 2 is 2.21 bits per heavy atom. The zero-order chi connectivity index (χ0) is 13.8. The van der Waals surface area contributed by atoms with Crippen LogP contribution in [0.15, 0.2) is 12.3 Å². The zero-order valence-electron chi connectivity index (χ0n) is 11.6. The van der Waals surface area contributed by atoms with E-state index < -0.39 is 5.97 Å². The molecule has 1 aliphatic rings. The van der Waals surface area contributed by atoms with E-state index in [1.807, 2.05) is 28.9 Å². The molecule has 1 aromatic rings. The Kier molecular flexibility index (Phi) is 4.55. The molecule has 1 aliphatic heterocycles. The number of hydrogen-bond acceptors (Lipinski definition) is 4. The summed E-state index contributed by atoms with van der Waals surface area (Å²) in [4.78, 5) is 15.2. The number of hydrogen-bond donors (Lipinski definition) is 1. The highest BCUT2D eigenvalue weighted by Crippen LogP contribution is 2.20. The summed E-state index contributed by atoms with van der Waals surface area (Å²) in [6.07, 6.45) is 2.83. The molecule has 0 aromatic carbocycles. The van der Waals surface area contributed by atoms with Gasteiger partial charge in [0.25, 0.3) is 0 Å². The Labute approximate surface area is 113 Å². The second-order valence-electron chi connectivity index (χ2n) is 5.12. The van der Waals surface area contributed by atoms with Crippen molar-refractivity contribution in [2.24, 2.45) is 7.05 Å². The topological polar surface area (TPSA) is 61.6 Å².